The normalized spacial score (nSPS) is 41.0. The summed E-state index contributed by atoms with van der Waals surface area (Å²) >= 11 is 0. The molecule has 5 heterocycles. The Bertz CT molecular complexity index is 1890. The van der Waals surface area contributed by atoms with E-state index in [9.17, 15) is 85.3 Å². The number of hydrogen-bond acceptors (Lipinski definition) is 28. The number of nitrogens with two attached hydrogens (primary N) is 1. The third-order valence-corrected chi connectivity index (χ3v) is 12.7. The summed E-state index contributed by atoms with van der Waals surface area (Å²) < 4.78 is 53.1. The molecule has 0 aromatic heterocycles. The van der Waals surface area contributed by atoms with E-state index in [-0.39, 0.29) is 26.9 Å². The van der Waals surface area contributed by atoms with Crippen molar-refractivity contribution in [3.63, 3.8) is 0 Å². The Morgan fingerprint density at radius 2 is 0.701 bits per heavy atom. The van der Waals surface area contributed by atoms with Gasteiger partial charge in [-0.25, -0.2) is 0 Å². The minimum Gasteiger partial charge on any atom is -0.483 e. The molecule has 5 saturated heterocycles. The lowest BCUT2D eigenvalue weighted by atomic mass is 9.93. The van der Waals surface area contributed by atoms with Crippen LogP contribution in [-0.2, 0) is 71.4 Å². The minimum absolute atomic E-state index is 0. The second kappa shape index (κ2) is 31.1. The molecular weight excluding hydrogens is 1050 g/mol. The number of carbonyl (C=O) groups is 6. The Kier molecular flexibility index (Phi) is 27.1. The smallest absolute Gasteiger partial charge is 0.290 e. The fraction of sp³-hybridized carbons (Fsp3) is 0.860. The van der Waals surface area contributed by atoms with E-state index in [1.165, 1.54) is 0 Å². The maximum Gasteiger partial charge on any atom is 0.290 e. The van der Waals surface area contributed by atoms with Crippen LogP contribution < -0.4 is 32.3 Å². The minimum atomic E-state index is -2.01. The van der Waals surface area contributed by atoms with Crippen molar-refractivity contribution in [1.29, 1.82) is 0 Å². The van der Waals surface area contributed by atoms with Gasteiger partial charge in [-0.2, -0.15) is 0 Å². The molecule has 25 atom stereocenters. The molecule has 0 radical (unpaired) electrons. The zero-order valence-corrected chi connectivity index (χ0v) is 41.5. The molecule has 0 saturated carbocycles. The van der Waals surface area contributed by atoms with Crippen molar-refractivity contribution < 1.29 is 138 Å². The van der Waals surface area contributed by atoms with Gasteiger partial charge < -0.3 is 141 Å². The van der Waals surface area contributed by atoms with Gasteiger partial charge in [0.25, 0.3) is 6.47 Å². The third-order valence-electron chi connectivity index (χ3n) is 12.7. The number of carbonyl (C=O) groups excluding carboxylic acids is 5. The molecule has 0 aromatic rings. The second-order valence-electron chi connectivity index (χ2n) is 18.1. The topological polar surface area (TPSA) is 535 Å². The van der Waals surface area contributed by atoms with E-state index in [4.69, 9.17) is 58.3 Å². The van der Waals surface area contributed by atoms with Gasteiger partial charge in [-0.3, -0.25) is 28.8 Å². The first-order valence-electron chi connectivity index (χ1n) is 23.8. The van der Waals surface area contributed by atoms with Crippen LogP contribution in [0.15, 0.2) is 0 Å². The molecule has 5 rings (SSSR count). The predicted octanol–water partition coefficient (Wildman–Crippen LogP) is -11.5. The standard InChI is InChI=1S/C41H70N6O26.CH2O2.CH4/c1-12(53)43-22-29(60)33(17(8-49)65-37(22)64)70-39-24(44-13(2)54)31(62)35(19(10-51)67-39)72-41-26(46-15(4)56)32(63)36(20(11-52)69-41)73-40-25(45-14(3)55)30(61)34(18(9-50)68-40)71-38-23(47-21(57)5-6-42)28(59)27(58)16(7-48)66-38;2-1-3;/h16-20,22-41,48-52,58-64H,5-11,42H2,1-4H3,(H,43,53)(H,44,54)(H,45,55)(H,46,56)(H,47,57);1H,(H,2,3);1H4/t16-,17-,18-,19-,20-,22-,23-,24-,25-,26-,27-,28-,29-,30-,31-,32-,33?,34?,35?,36?,37?,38+,39+,40+,41+;;/m1../s1. The lowest BCUT2D eigenvalue weighted by Crippen LogP contribution is -2.72. The fourth-order valence-electron chi connectivity index (χ4n) is 9.22. The Labute approximate surface area is 439 Å². The largest absolute Gasteiger partial charge is 0.483 e. The van der Waals surface area contributed by atoms with Gasteiger partial charge in [-0.05, 0) is 0 Å². The number of nitrogens with one attached hydrogen (secondary N) is 5. The van der Waals surface area contributed by atoms with Gasteiger partial charge in [0.15, 0.2) is 31.5 Å². The van der Waals surface area contributed by atoms with Crippen LogP contribution in [0.2, 0.25) is 0 Å². The highest BCUT2D eigenvalue weighted by Crippen LogP contribution is 2.36. The monoisotopic (exact) mass is 1120 g/mol. The highest BCUT2D eigenvalue weighted by atomic mass is 16.8. The van der Waals surface area contributed by atoms with Gasteiger partial charge in [0.1, 0.15) is 122 Å². The van der Waals surface area contributed by atoms with E-state index >= 15 is 0 Å². The van der Waals surface area contributed by atoms with Crippen LogP contribution in [0.3, 0.4) is 0 Å². The quantitative estimate of drug-likeness (QED) is 0.0503. The van der Waals surface area contributed by atoms with E-state index in [1.54, 1.807) is 0 Å². The second-order valence-corrected chi connectivity index (χ2v) is 18.1. The van der Waals surface area contributed by atoms with Gasteiger partial charge in [0.2, 0.25) is 29.5 Å². The summed E-state index contributed by atoms with van der Waals surface area (Å²) in [6.07, 6.45) is -35.6. The number of carboxylic acid groups (broad SMARTS) is 1. The summed E-state index contributed by atoms with van der Waals surface area (Å²) in [5, 5.41) is 149. The van der Waals surface area contributed by atoms with E-state index in [0.29, 0.717) is 0 Å². The molecular formula is C43H76N6O28. The van der Waals surface area contributed by atoms with Crippen molar-refractivity contribution in [3.8, 4) is 0 Å². The van der Waals surface area contributed by atoms with Gasteiger partial charge in [0, 0.05) is 40.7 Å². The summed E-state index contributed by atoms with van der Waals surface area (Å²) in [7, 11) is 0. The maximum atomic E-state index is 12.7. The predicted molar refractivity (Wildman–Crippen MR) is 248 cm³/mol. The summed E-state index contributed by atoms with van der Waals surface area (Å²) in [5.41, 5.74) is 5.48. The Balaban J connectivity index is 0.00000381. The SMILES string of the molecule is C.CC(=O)N[C@H]1[C@H](OC2[C@@H](CO)O[C@@H](OC3[C@@H](CO)O[C@@H](OC4[C@@H](CO)OC(O)[C@H](NC(C)=O)[C@H]4O)[C@H](NC(C)=O)[C@H]3O)[C@H](NC(C)=O)[C@H]2O)O[C@H](CO)C(O[C@@H]2O[C@H](CO)[C@@H](O)[C@H](O)[C@H]2NC(=O)CCN)[C@@H]1O.O=CO. The first-order chi connectivity index (χ1) is 35.9. The van der Waals surface area contributed by atoms with E-state index < -0.39 is 216 Å². The van der Waals surface area contributed by atoms with Crippen LogP contribution in [-0.4, -0.2) is 295 Å². The molecule has 0 aromatic carbocycles. The molecule has 5 aliphatic rings. The van der Waals surface area contributed by atoms with Gasteiger partial charge >= 0.3 is 0 Å². The highest BCUT2D eigenvalue weighted by molar-refractivity contribution is 5.76. The van der Waals surface area contributed by atoms with Crippen LogP contribution in [0.25, 0.3) is 0 Å². The number of hydrogen-bond donors (Lipinski definition) is 19. The molecule has 34 heteroatoms. The average molecular weight is 1130 g/mol. The van der Waals surface area contributed by atoms with Crippen molar-refractivity contribution in [2.24, 2.45) is 5.73 Å². The number of ether oxygens (including phenoxy) is 9. The van der Waals surface area contributed by atoms with Gasteiger partial charge in [0.05, 0.1) is 33.0 Å². The number of rotatable bonds is 20. The van der Waals surface area contributed by atoms with Gasteiger partial charge in [-0.15, -0.1) is 0 Å². The molecule has 34 nitrogen and oxygen atoms in total. The zero-order chi connectivity index (χ0) is 56.9. The van der Waals surface area contributed by atoms with Crippen LogP contribution in [0.4, 0.5) is 0 Å². The number of amides is 5. The molecule has 5 unspecified atom stereocenters. The number of aliphatic hydroxyl groups excluding tert-OH is 12. The fourth-order valence-corrected chi connectivity index (χ4v) is 9.22. The van der Waals surface area contributed by atoms with Crippen molar-refractivity contribution in [2.45, 2.75) is 195 Å². The lowest BCUT2D eigenvalue weighted by Gasteiger charge is -2.51. The molecule has 77 heavy (non-hydrogen) atoms. The van der Waals surface area contributed by atoms with Crippen LogP contribution in [0.5, 0.6) is 0 Å². The first-order valence-corrected chi connectivity index (χ1v) is 23.8. The van der Waals surface area contributed by atoms with E-state index in [2.05, 4.69) is 26.6 Å². The van der Waals surface area contributed by atoms with Crippen LogP contribution in [0.1, 0.15) is 41.5 Å². The van der Waals surface area contributed by atoms with Crippen molar-refractivity contribution in [3.05, 3.63) is 0 Å². The summed E-state index contributed by atoms with van der Waals surface area (Å²) in [6.45, 7) is -0.821. The van der Waals surface area contributed by atoms with Crippen molar-refractivity contribution in [1.82, 2.24) is 26.6 Å². The van der Waals surface area contributed by atoms with Crippen molar-refractivity contribution >= 4 is 36.0 Å². The molecule has 5 aliphatic heterocycles. The van der Waals surface area contributed by atoms with E-state index in [0.717, 1.165) is 27.7 Å². The maximum absolute atomic E-state index is 12.7. The number of aliphatic hydroxyl groups is 12. The third kappa shape index (κ3) is 16.8. The first kappa shape index (κ1) is 67.2. The Hall–Kier alpha value is -4.06. The zero-order valence-electron chi connectivity index (χ0n) is 41.5. The Morgan fingerprint density at radius 3 is 0.987 bits per heavy atom. The molecule has 0 aliphatic carbocycles. The van der Waals surface area contributed by atoms with Gasteiger partial charge in [-0.1, -0.05) is 7.43 Å². The summed E-state index contributed by atoms with van der Waals surface area (Å²) in [6, 6.07) is -8.15. The van der Waals surface area contributed by atoms with Crippen LogP contribution in [0, 0.1) is 0 Å². The highest BCUT2D eigenvalue weighted by Gasteiger charge is 2.57. The Morgan fingerprint density at radius 1 is 0.442 bits per heavy atom. The lowest BCUT2D eigenvalue weighted by molar-refractivity contribution is -0.367. The van der Waals surface area contributed by atoms with Crippen molar-refractivity contribution in [2.75, 3.05) is 39.6 Å². The van der Waals surface area contributed by atoms with Crippen LogP contribution >= 0.6 is 0 Å². The molecule has 0 bridgehead atoms. The molecule has 20 N–H and O–H groups in total. The van der Waals surface area contributed by atoms with E-state index in [1.807, 2.05) is 0 Å². The molecule has 5 amide bonds. The summed E-state index contributed by atoms with van der Waals surface area (Å²) in [5.74, 6) is -3.80. The summed E-state index contributed by atoms with van der Waals surface area (Å²) in [4.78, 5) is 70.6. The molecule has 5 fully saturated rings. The average Bonchev–Trinajstić information content (AvgIpc) is 3.36. The molecule has 446 valence electrons. The molecule has 0 spiro atoms.